The largest absolute Gasteiger partial charge is 0.495 e. The van der Waals surface area contributed by atoms with Crippen LogP contribution < -0.4 is 18.9 Å². The molecule has 10 heteroatoms. The molecule has 1 N–H and O–H groups in total. The van der Waals surface area contributed by atoms with E-state index in [0.29, 0.717) is 30.3 Å². The highest BCUT2D eigenvalue weighted by atomic mass is 32.2. The molecule has 0 aromatic heterocycles. The van der Waals surface area contributed by atoms with E-state index >= 15 is 0 Å². The Labute approximate surface area is 162 Å². The Morgan fingerprint density at radius 2 is 1.79 bits per heavy atom. The summed E-state index contributed by atoms with van der Waals surface area (Å²) in [6.45, 7) is 4.28. The van der Waals surface area contributed by atoms with Crippen LogP contribution in [-0.4, -0.2) is 33.7 Å². The summed E-state index contributed by atoms with van der Waals surface area (Å²) in [7, 11) is -2.79. The lowest BCUT2D eigenvalue weighted by molar-refractivity contribution is -0.385. The Bertz CT molecular complexity index is 1020. The topological polar surface area (TPSA) is 117 Å². The van der Waals surface area contributed by atoms with Gasteiger partial charge in [-0.3, -0.25) is 10.1 Å². The summed E-state index contributed by atoms with van der Waals surface area (Å²) in [5.74, 6) is 1.04. The summed E-state index contributed by atoms with van der Waals surface area (Å²) >= 11 is 0. The second kappa shape index (κ2) is 7.28. The van der Waals surface area contributed by atoms with Crippen LogP contribution in [0.15, 0.2) is 41.3 Å². The van der Waals surface area contributed by atoms with Crippen LogP contribution in [0.4, 0.5) is 5.69 Å². The van der Waals surface area contributed by atoms with Gasteiger partial charge in [-0.1, -0.05) is 6.07 Å². The number of nitrogens with one attached hydrogen (secondary N) is 1. The Morgan fingerprint density at radius 3 is 2.43 bits per heavy atom. The number of fused-ring (bicyclic) bond motifs is 1. The average molecular weight is 408 g/mol. The third-order valence-electron chi connectivity index (χ3n) is 4.30. The minimum absolute atomic E-state index is 0.111. The third-order valence-corrected chi connectivity index (χ3v) is 6.00. The van der Waals surface area contributed by atoms with Crippen molar-refractivity contribution in [2.24, 2.45) is 0 Å². The molecule has 0 fully saturated rings. The molecule has 2 aromatic rings. The van der Waals surface area contributed by atoms with Gasteiger partial charge in [-0.15, -0.1) is 0 Å². The van der Waals surface area contributed by atoms with Crippen LogP contribution >= 0.6 is 0 Å². The second-order valence-electron chi connectivity index (χ2n) is 6.68. The molecule has 0 saturated carbocycles. The van der Waals surface area contributed by atoms with E-state index in [2.05, 4.69) is 4.72 Å². The predicted octanol–water partition coefficient (Wildman–Crippen LogP) is 2.59. The van der Waals surface area contributed by atoms with Crippen LogP contribution in [0, 0.1) is 10.1 Å². The number of nitro groups is 1. The average Bonchev–Trinajstić information content (AvgIpc) is 2.66. The van der Waals surface area contributed by atoms with Crippen molar-refractivity contribution in [3.05, 3.63) is 52.1 Å². The fourth-order valence-corrected chi connectivity index (χ4v) is 4.43. The van der Waals surface area contributed by atoms with Crippen LogP contribution in [0.1, 0.15) is 19.4 Å². The molecule has 2 aromatic carbocycles. The van der Waals surface area contributed by atoms with Gasteiger partial charge in [0.2, 0.25) is 10.0 Å². The normalized spacial score (nSPS) is 13.8. The van der Waals surface area contributed by atoms with Crippen molar-refractivity contribution in [3.8, 4) is 17.2 Å². The first-order chi connectivity index (χ1) is 13.1. The standard InChI is InChI=1S/C18H20N2O7S/c1-18(2,12-4-6-14-15(10-12)27-9-8-26-14)19-28(23,24)17-7-5-13(20(21)22)11-16(17)25-3/h4-7,10-11,19H,8-9H2,1-3H3. The van der Waals surface area contributed by atoms with E-state index in [1.807, 2.05) is 0 Å². The van der Waals surface area contributed by atoms with Gasteiger partial charge in [-0.2, -0.15) is 0 Å². The molecular formula is C18H20N2O7S. The monoisotopic (exact) mass is 408 g/mol. The molecule has 0 bridgehead atoms. The van der Waals surface area contributed by atoms with Crippen molar-refractivity contribution in [2.45, 2.75) is 24.3 Å². The zero-order chi connectivity index (χ0) is 20.5. The second-order valence-corrected chi connectivity index (χ2v) is 8.33. The first-order valence-corrected chi connectivity index (χ1v) is 9.89. The molecule has 1 aliphatic rings. The highest BCUT2D eigenvalue weighted by Gasteiger charge is 2.31. The summed E-state index contributed by atoms with van der Waals surface area (Å²) < 4.78 is 44.6. The summed E-state index contributed by atoms with van der Waals surface area (Å²) in [4.78, 5) is 10.1. The maximum absolute atomic E-state index is 13.0. The van der Waals surface area contributed by atoms with Crippen LogP contribution in [0.3, 0.4) is 0 Å². The lowest BCUT2D eigenvalue weighted by atomic mass is 9.95. The lowest BCUT2D eigenvalue weighted by Crippen LogP contribution is -2.41. The summed E-state index contributed by atoms with van der Waals surface area (Å²) in [6, 6.07) is 8.55. The molecule has 0 atom stereocenters. The molecule has 1 aliphatic heterocycles. The number of nitrogens with zero attached hydrogens (tertiary/aromatic N) is 1. The van der Waals surface area contributed by atoms with Crippen molar-refractivity contribution in [1.82, 2.24) is 4.72 Å². The first-order valence-electron chi connectivity index (χ1n) is 8.40. The Balaban J connectivity index is 1.94. The van der Waals surface area contributed by atoms with Gasteiger partial charge in [0.15, 0.2) is 11.5 Å². The van der Waals surface area contributed by atoms with E-state index in [9.17, 15) is 18.5 Å². The van der Waals surface area contributed by atoms with Gasteiger partial charge in [0.1, 0.15) is 23.9 Å². The Kier molecular flexibility index (Phi) is 5.18. The number of nitro benzene ring substituents is 1. The zero-order valence-corrected chi connectivity index (χ0v) is 16.4. The molecule has 9 nitrogen and oxygen atoms in total. The summed E-state index contributed by atoms with van der Waals surface area (Å²) in [6.07, 6.45) is 0. The van der Waals surface area contributed by atoms with Crippen LogP contribution in [-0.2, 0) is 15.6 Å². The van der Waals surface area contributed by atoms with Crippen LogP contribution in [0.5, 0.6) is 17.2 Å². The molecule has 0 spiro atoms. The van der Waals surface area contributed by atoms with E-state index in [1.54, 1.807) is 32.0 Å². The third kappa shape index (κ3) is 3.87. The van der Waals surface area contributed by atoms with Gasteiger partial charge in [0, 0.05) is 6.07 Å². The molecule has 0 aliphatic carbocycles. The van der Waals surface area contributed by atoms with Gasteiger partial charge in [-0.25, -0.2) is 13.1 Å². The quantitative estimate of drug-likeness (QED) is 0.577. The van der Waals surface area contributed by atoms with E-state index in [-0.39, 0.29) is 16.3 Å². The highest BCUT2D eigenvalue weighted by Crippen LogP contribution is 2.36. The SMILES string of the molecule is COc1cc([N+](=O)[O-])ccc1S(=O)(=O)NC(C)(C)c1ccc2c(c1)OCCO2. The number of benzene rings is 2. The lowest BCUT2D eigenvalue weighted by Gasteiger charge is -2.28. The van der Waals surface area contributed by atoms with Crippen molar-refractivity contribution in [1.29, 1.82) is 0 Å². The molecule has 28 heavy (non-hydrogen) atoms. The van der Waals surface area contributed by atoms with Crippen molar-refractivity contribution in [3.63, 3.8) is 0 Å². The predicted molar refractivity (Wildman–Crippen MR) is 100 cm³/mol. The number of sulfonamides is 1. The number of ether oxygens (including phenoxy) is 3. The Morgan fingerprint density at radius 1 is 1.11 bits per heavy atom. The highest BCUT2D eigenvalue weighted by molar-refractivity contribution is 7.89. The molecule has 0 unspecified atom stereocenters. The number of hydrogen-bond donors (Lipinski definition) is 1. The van der Waals surface area contributed by atoms with Gasteiger partial charge < -0.3 is 14.2 Å². The molecule has 0 amide bonds. The van der Waals surface area contributed by atoms with Crippen molar-refractivity contribution < 1.29 is 27.6 Å². The zero-order valence-electron chi connectivity index (χ0n) is 15.6. The summed E-state index contributed by atoms with van der Waals surface area (Å²) in [5, 5.41) is 10.9. The molecule has 0 saturated heterocycles. The van der Waals surface area contributed by atoms with E-state index in [0.717, 1.165) is 18.2 Å². The van der Waals surface area contributed by atoms with E-state index in [1.165, 1.54) is 7.11 Å². The van der Waals surface area contributed by atoms with Crippen LogP contribution in [0.25, 0.3) is 0 Å². The fraction of sp³-hybridized carbons (Fsp3) is 0.333. The minimum Gasteiger partial charge on any atom is -0.495 e. The molecule has 3 rings (SSSR count). The summed E-state index contributed by atoms with van der Waals surface area (Å²) in [5.41, 5.74) is -0.593. The van der Waals surface area contributed by atoms with E-state index in [4.69, 9.17) is 14.2 Å². The number of hydrogen-bond acceptors (Lipinski definition) is 7. The smallest absolute Gasteiger partial charge is 0.273 e. The number of rotatable bonds is 6. The van der Waals surface area contributed by atoms with Crippen LogP contribution in [0.2, 0.25) is 0 Å². The van der Waals surface area contributed by atoms with Gasteiger partial charge >= 0.3 is 0 Å². The maximum Gasteiger partial charge on any atom is 0.273 e. The minimum atomic E-state index is -4.04. The molecule has 150 valence electrons. The maximum atomic E-state index is 13.0. The van der Waals surface area contributed by atoms with Gasteiger partial charge in [-0.05, 0) is 37.6 Å². The Hall–Kier alpha value is -2.85. The fourth-order valence-electron chi connectivity index (χ4n) is 2.87. The van der Waals surface area contributed by atoms with E-state index < -0.39 is 20.5 Å². The van der Waals surface area contributed by atoms with Crippen molar-refractivity contribution >= 4 is 15.7 Å². The van der Waals surface area contributed by atoms with Gasteiger partial charge in [0.05, 0.1) is 23.6 Å². The van der Waals surface area contributed by atoms with Gasteiger partial charge in [0.25, 0.3) is 5.69 Å². The number of non-ortho nitro benzene ring substituents is 1. The molecule has 0 radical (unpaired) electrons. The number of methoxy groups -OCH3 is 1. The molecule has 1 heterocycles. The first kappa shape index (κ1) is 19.9. The van der Waals surface area contributed by atoms with Crippen molar-refractivity contribution in [2.75, 3.05) is 20.3 Å². The molecular weight excluding hydrogens is 388 g/mol.